The number of aliphatic hydroxyl groups excluding tert-OH is 1. The molecule has 38 heavy (non-hydrogen) atoms. The van der Waals surface area contributed by atoms with Gasteiger partial charge in [-0.1, -0.05) is 18.6 Å². The number of carbonyl (C=O) groups is 2. The predicted octanol–water partition coefficient (Wildman–Crippen LogP) is 3.44. The number of rotatable bonds is 6. The summed E-state index contributed by atoms with van der Waals surface area (Å²) in [6.45, 7) is 2.46. The zero-order valence-corrected chi connectivity index (χ0v) is 22.2. The average Bonchev–Trinajstić information content (AvgIpc) is 3.11. The summed E-state index contributed by atoms with van der Waals surface area (Å²) in [6, 6.07) is 5.67. The molecule has 1 aromatic rings. The van der Waals surface area contributed by atoms with Gasteiger partial charge in [-0.3, -0.25) is 19.0 Å². The molecule has 0 radical (unpaired) electrons. The van der Waals surface area contributed by atoms with Crippen molar-refractivity contribution < 1.29 is 42.7 Å². The molecule has 1 unspecified atom stereocenters. The second-order valence-electron chi connectivity index (χ2n) is 11.5. The summed E-state index contributed by atoms with van der Waals surface area (Å²) in [5.41, 5.74) is 0.190. The van der Waals surface area contributed by atoms with Gasteiger partial charge in [0.1, 0.15) is 18.0 Å². The highest BCUT2D eigenvalue weighted by atomic mass is 31.2. The van der Waals surface area contributed by atoms with Crippen molar-refractivity contribution in [2.45, 2.75) is 63.3 Å². The Morgan fingerprint density at radius 3 is 2.58 bits per heavy atom. The Balaban J connectivity index is 1.36. The lowest BCUT2D eigenvalue weighted by atomic mass is 9.44. The van der Waals surface area contributed by atoms with Gasteiger partial charge in [0.2, 0.25) is 0 Å². The van der Waals surface area contributed by atoms with Crippen LogP contribution in [0.2, 0.25) is 0 Å². The van der Waals surface area contributed by atoms with Crippen LogP contribution in [0, 0.1) is 22.7 Å². The fraction of sp³-hybridized carbons (Fsp3) is 0.556. The molecule has 11 heteroatoms. The van der Waals surface area contributed by atoms with E-state index in [2.05, 4.69) is 0 Å². The fourth-order valence-electron chi connectivity index (χ4n) is 7.62. The molecule has 0 heterocycles. The number of phosphoric acid groups is 1. The number of nitrogens with two attached hydrogens (primary N) is 1. The van der Waals surface area contributed by atoms with Gasteiger partial charge in [-0.15, -0.1) is 0 Å². The van der Waals surface area contributed by atoms with Crippen LogP contribution < -0.4 is 10.3 Å². The number of benzene rings is 1. The van der Waals surface area contributed by atoms with Crippen molar-refractivity contribution in [1.82, 2.24) is 0 Å². The maximum absolute atomic E-state index is 17.1. The number of phosphoric ester groups is 1. The lowest BCUT2D eigenvalue weighted by Gasteiger charge is -2.62. The monoisotopic (exact) mass is 549 g/mol. The number of allylic oxidation sites excluding steroid dienone is 4. The van der Waals surface area contributed by atoms with Crippen molar-refractivity contribution in [3.63, 3.8) is 0 Å². The van der Waals surface area contributed by atoms with E-state index in [9.17, 15) is 29.3 Å². The van der Waals surface area contributed by atoms with E-state index in [0.29, 0.717) is 30.5 Å². The first-order chi connectivity index (χ1) is 17.7. The van der Waals surface area contributed by atoms with Crippen molar-refractivity contribution in [3.05, 3.63) is 48.1 Å². The third-order valence-electron chi connectivity index (χ3n) is 9.71. The van der Waals surface area contributed by atoms with Crippen LogP contribution in [0.15, 0.2) is 48.1 Å². The van der Waals surface area contributed by atoms with Gasteiger partial charge in [0.25, 0.3) is 0 Å². The molecule has 0 saturated heterocycles. The Labute approximate surface area is 220 Å². The Bertz CT molecular complexity index is 1280. The van der Waals surface area contributed by atoms with Gasteiger partial charge in [-0.25, -0.2) is 8.96 Å². The number of carbonyl (C=O) groups excluding carboxylic acids is 2. The van der Waals surface area contributed by atoms with Crippen molar-refractivity contribution in [1.29, 1.82) is 0 Å². The summed E-state index contributed by atoms with van der Waals surface area (Å²) in [5, 5.41) is 23.0. The second-order valence-corrected chi connectivity index (χ2v) is 12.9. The molecule has 5 N–H and O–H groups in total. The van der Waals surface area contributed by atoms with E-state index < -0.39 is 60.3 Å². The molecule has 0 amide bonds. The van der Waals surface area contributed by atoms with Gasteiger partial charge in [-0.05, 0) is 81.4 Å². The van der Waals surface area contributed by atoms with Crippen LogP contribution >= 0.6 is 7.82 Å². The standard InChI is InChI=1S/C27H33FNO8P/c1-24-11-9-18(30)13-16(24)3-8-21-20-10-12-26(33,25(20,2)14-22(31)27(21,24)28)23(32)15-36-38(34,35)37-19-6-4-17(29)5-7-19/h4-7,9,11,13,20-22,31,33H,3,8,10,12,14-15,29H2,1-2H3,(H,34,35)/t20-,21-,22-,24-,25-,26-,27-/m0/s1. The molecule has 0 aromatic heterocycles. The van der Waals surface area contributed by atoms with E-state index in [1.165, 1.54) is 36.4 Å². The Morgan fingerprint density at radius 1 is 1.21 bits per heavy atom. The Morgan fingerprint density at radius 2 is 1.89 bits per heavy atom. The number of aliphatic hydroxyl groups is 2. The van der Waals surface area contributed by atoms with E-state index in [0.717, 1.165) is 0 Å². The van der Waals surface area contributed by atoms with Crippen LogP contribution in [-0.2, 0) is 18.7 Å². The molecule has 1 aromatic carbocycles. The molecule has 0 aliphatic heterocycles. The van der Waals surface area contributed by atoms with Crippen LogP contribution in [0.4, 0.5) is 10.1 Å². The van der Waals surface area contributed by atoms with Crippen molar-refractivity contribution >= 4 is 25.1 Å². The molecule has 0 spiro atoms. The molecule has 8 atom stereocenters. The predicted molar refractivity (Wildman–Crippen MR) is 136 cm³/mol. The Kier molecular flexibility index (Phi) is 6.32. The first kappa shape index (κ1) is 27.2. The number of fused-ring (bicyclic) bond motifs is 5. The first-order valence-electron chi connectivity index (χ1n) is 12.8. The summed E-state index contributed by atoms with van der Waals surface area (Å²) in [4.78, 5) is 35.4. The number of hydrogen-bond donors (Lipinski definition) is 4. The number of Topliss-reactive ketones (excluding diaryl/α,β-unsaturated/α-hetero) is 1. The van der Waals surface area contributed by atoms with Crippen LogP contribution in [0.1, 0.15) is 46.0 Å². The minimum Gasteiger partial charge on any atom is -0.404 e. The van der Waals surface area contributed by atoms with Crippen LogP contribution in [0.5, 0.6) is 5.75 Å². The quantitative estimate of drug-likeness (QED) is 0.308. The number of hydrogen-bond acceptors (Lipinski definition) is 8. The van der Waals surface area contributed by atoms with Gasteiger partial charge >= 0.3 is 7.82 Å². The average molecular weight is 550 g/mol. The smallest absolute Gasteiger partial charge is 0.404 e. The molecule has 4 aliphatic rings. The third-order valence-corrected chi connectivity index (χ3v) is 10.6. The van der Waals surface area contributed by atoms with E-state index in [-0.39, 0.29) is 24.4 Å². The van der Waals surface area contributed by atoms with Gasteiger partial charge < -0.3 is 20.5 Å². The summed E-state index contributed by atoms with van der Waals surface area (Å²) >= 11 is 0. The number of alkyl halides is 1. The van der Waals surface area contributed by atoms with Crippen molar-refractivity contribution in [2.24, 2.45) is 22.7 Å². The van der Waals surface area contributed by atoms with Crippen LogP contribution in [0.25, 0.3) is 0 Å². The van der Waals surface area contributed by atoms with Crippen LogP contribution in [0.3, 0.4) is 0 Å². The summed E-state index contributed by atoms with van der Waals surface area (Å²) in [6.07, 6.45) is 3.76. The number of halogens is 1. The maximum Gasteiger partial charge on any atom is 0.527 e. The maximum atomic E-state index is 17.1. The van der Waals surface area contributed by atoms with Gasteiger partial charge in [0.05, 0.1) is 6.10 Å². The molecular formula is C27H33FNO8P. The SMILES string of the molecule is C[C@]12C=CC(=O)C=C1CC[C@H]1[C@@H]3CC[C@](O)(C(=O)COP(=O)(O)Oc4ccc(N)cc4)[C@@]3(C)C[C@H](O)[C@@]12F. The van der Waals surface area contributed by atoms with Crippen LogP contribution in [-0.4, -0.2) is 50.7 Å². The van der Waals surface area contributed by atoms with E-state index in [4.69, 9.17) is 14.8 Å². The zero-order chi connectivity index (χ0) is 27.7. The molecule has 3 fully saturated rings. The number of anilines is 1. The first-order valence-corrected chi connectivity index (χ1v) is 14.3. The van der Waals surface area contributed by atoms with Gasteiger partial charge in [0.15, 0.2) is 17.2 Å². The summed E-state index contributed by atoms with van der Waals surface area (Å²) in [5.74, 6) is -2.14. The summed E-state index contributed by atoms with van der Waals surface area (Å²) < 4.78 is 39.5. The van der Waals surface area contributed by atoms with Crippen molar-refractivity contribution in [2.75, 3.05) is 12.3 Å². The van der Waals surface area contributed by atoms with E-state index in [1.807, 2.05) is 0 Å². The summed E-state index contributed by atoms with van der Waals surface area (Å²) in [7, 11) is -4.71. The number of nitrogen functional groups attached to an aromatic ring is 1. The molecule has 4 aliphatic carbocycles. The molecule has 3 saturated carbocycles. The second kappa shape index (κ2) is 8.83. The highest BCUT2D eigenvalue weighted by molar-refractivity contribution is 7.47. The lowest BCUT2D eigenvalue weighted by Crippen LogP contribution is -2.69. The molecular weight excluding hydrogens is 516 g/mol. The van der Waals surface area contributed by atoms with E-state index in [1.54, 1.807) is 19.9 Å². The Hall–Kier alpha value is -2.36. The minimum atomic E-state index is -4.71. The van der Waals surface area contributed by atoms with Gasteiger partial charge in [0, 0.05) is 22.4 Å². The minimum absolute atomic E-state index is 0.00204. The molecule has 5 rings (SSSR count). The lowest BCUT2D eigenvalue weighted by molar-refractivity contribution is -0.217. The highest BCUT2D eigenvalue weighted by Crippen LogP contribution is 2.69. The zero-order valence-electron chi connectivity index (χ0n) is 21.3. The highest BCUT2D eigenvalue weighted by Gasteiger charge is 2.74. The molecule has 0 bridgehead atoms. The molecule has 9 nitrogen and oxygen atoms in total. The largest absolute Gasteiger partial charge is 0.527 e. The fourth-order valence-corrected chi connectivity index (χ4v) is 8.34. The van der Waals surface area contributed by atoms with Crippen molar-refractivity contribution in [3.8, 4) is 5.75 Å². The third kappa shape index (κ3) is 3.84. The topological polar surface area (TPSA) is 156 Å². The molecule has 206 valence electrons. The normalized spacial score (nSPS) is 41.4. The number of ketones is 2. The van der Waals surface area contributed by atoms with E-state index >= 15 is 4.39 Å². The van der Waals surface area contributed by atoms with Gasteiger partial charge in [-0.2, -0.15) is 0 Å².